The predicted molar refractivity (Wildman–Crippen MR) is 335 cm³/mol. The van der Waals surface area contributed by atoms with E-state index in [0.29, 0.717) is 19.3 Å². The van der Waals surface area contributed by atoms with Gasteiger partial charge in [-0.15, -0.1) is 0 Å². The van der Waals surface area contributed by atoms with Gasteiger partial charge < -0.3 is 14.2 Å². The van der Waals surface area contributed by atoms with E-state index in [0.717, 1.165) is 109 Å². The molecule has 0 heterocycles. The van der Waals surface area contributed by atoms with E-state index in [-0.39, 0.29) is 31.1 Å². The smallest absolute Gasteiger partial charge is 0.306 e. The summed E-state index contributed by atoms with van der Waals surface area (Å²) in [6, 6.07) is 0. The zero-order chi connectivity index (χ0) is 55.7. The van der Waals surface area contributed by atoms with Crippen molar-refractivity contribution in [3.63, 3.8) is 0 Å². The molecule has 0 amide bonds. The quantitative estimate of drug-likeness (QED) is 0.0261. The van der Waals surface area contributed by atoms with Crippen LogP contribution in [0.25, 0.3) is 0 Å². The second-order valence-corrected chi connectivity index (χ2v) is 22.3. The van der Waals surface area contributed by atoms with Crippen molar-refractivity contribution in [1.29, 1.82) is 0 Å². The summed E-state index contributed by atoms with van der Waals surface area (Å²) >= 11 is 0. The maximum Gasteiger partial charge on any atom is 0.306 e. The number of unbranched alkanes of at least 4 members (excludes halogenated alkanes) is 38. The first-order valence-electron chi connectivity index (χ1n) is 33.4. The SMILES string of the molecule is CC/C=C\C/C=C\C/C=C\CCCCCCCC(=O)OCC(COC(=O)CCCCCCCCCCCCCCCCC/C=C\CCCCCCCCCC)OC(=O)CCCCCCCCC/C=C\C/C=C\CCCCC. The number of esters is 3. The first-order chi connectivity index (χ1) is 38.0. The first kappa shape index (κ1) is 73.8. The standard InChI is InChI=1S/C71H126O6/c1-4-7-10-13-16-19-22-25-28-30-31-32-33-34-35-36-37-38-39-41-43-46-49-52-55-58-61-64-70(73)76-67-68(66-75-69(72)63-60-57-54-51-48-45-42-27-24-21-18-15-12-9-6-3)77-71(74)65-62-59-56-53-50-47-44-40-29-26-23-20-17-14-11-8-5-2/h9,12,17-18,20-21,26-27,29-31,42,68H,4-8,10-11,13-16,19,22-25,28,32-41,43-67H2,1-3H3/b12-9-,20-17-,21-18-,29-26-,31-30-,42-27-. The van der Waals surface area contributed by atoms with Gasteiger partial charge >= 0.3 is 17.9 Å². The Hall–Kier alpha value is -3.15. The van der Waals surface area contributed by atoms with E-state index >= 15 is 0 Å². The van der Waals surface area contributed by atoms with Gasteiger partial charge in [-0.05, 0) is 109 Å². The van der Waals surface area contributed by atoms with Crippen molar-refractivity contribution in [2.24, 2.45) is 0 Å². The number of hydrogen-bond donors (Lipinski definition) is 0. The maximum absolute atomic E-state index is 12.9. The lowest BCUT2D eigenvalue weighted by molar-refractivity contribution is -0.167. The fraction of sp³-hybridized carbons (Fsp3) is 0.789. The molecule has 1 atom stereocenters. The third-order valence-corrected chi connectivity index (χ3v) is 14.7. The summed E-state index contributed by atoms with van der Waals surface area (Å²) in [6.07, 6.45) is 84.9. The summed E-state index contributed by atoms with van der Waals surface area (Å²) in [4.78, 5) is 38.3. The summed E-state index contributed by atoms with van der Waals surface area (Å²) in [5.74, 6) is -0.892. The molecule has 0 saturated heterocycles. The van der Waals surface area contributed by atoms with Crippen LogP contribution in [-0.2, 0) is 28.6 Å². The first-order valence-corrected chi connectivity index (χ1v) is 33.4. The normalized spacial score (nSPS) is 12.5. The number of carbonyl (C=O) groups is 3. The Morgan fingerprint density at radius 1 is 0.273 bits per heavy atom. The average molecular weight is 1080 g/mol. The van der Waals surface area contributed by atoms with Crippen LogP contribution >= 0.6 is 0 Å². The Morgan fingerprint density at radius 2 is 0.506 bits per heavy atom. The van der Waals surface area contributed by atoms with Crippen molar-refractivity contribution in [1.82, 2.24) is 0 Å². The third kappa shape index (κ3) is 63.6. The van der Waals surface area contributed by atoms with Crippen molar-refractivity contribution in [3.8, 4) is 0 Å². The molecule has 77 heavy (non-hydrogen) atoms. The highest BCUT2D eigenvalue weighted by Crippen LogP contribution is 2.17. The van der Waals surface area contributed by atoms with Gasteiger partial charge in [0.05, 0.1) is 0 Å². The van der Waals surface area contributed by atoms with E-state index in [2.05, 4.69) is 93.7 Å². The Morgan fingerprint density at radius 3 is 0.831 bits per heavy atom. The topological polar surface area (TPSA) is 78.9 Å². The fourth-order valence-electron chi connectivity index (χ4n) is 9.66. The Balaban J connectivity index is 4.27. The molecule has 1 unspecified atom stereocenters. The van der Waals surface area contributed by atoms with Gasteiger partial charge in [0, 0.05) is 19.3 Å². The van der Waals surface area contributed by atoms with E-state index in [9.17, 15) is 14.4 Å². The molecular formula is C71H126O6. The molecule has 446 valence electrons. The molecule has 0 bridgehead atoms. The molecule has 0 spiro atoms. The number of carbonyl (C=O) groups excluding carboxylic acids is 3. The lowest BCUT2D eigenvalue weighted by Gasteiger charge is -2.18. The molecule has 0 aromatic carbocycles. The summed E-state index contributed by atoms with van der Waals surface area (Å²) in [5.41, 5.74) is 0. The van der Waals surface area contributed by atoms with Gasteiger partial charge in [0.2, 0.25) is 0 Å². The van der Waals surface area contributed by atoms with E-state index in [1.807, 2.05) is 0 Å². The van der Waals surface area contributed by atoms with E-state index in [4.69, 9.17) is 14.2 Å². The van der Waals surface area contributed by atoms with Crippen LogP contribution in [0.5, 0.6) is 0 Å². The predicted octanol–water partition coefficient (Wildman–Crippen LogP) is 22.9. The van der Waals surface area contributed by atoms with Gasteiger partial charge in [0.25, 0.3) is 0 Å². The number of ether oxygens (including phenoxy) is 3. The third-order valence-electron chi connectivity index (χ3n) is 14.7. The Kier molecular flexibility index (Phi) is 62.7. The molecule has 0 aliphatic rings. The van der Waals surface area contributed by atoms with Gasteiger partial charge in [0.1, 0.15) is 13.2 Å². The van der Waals surface area contributed by atoms with Gasteiger partial charge in [-0.25, -0.2) is 0 Å². The fourth-order valence-corrected chi connectivity index (χ4v) is 9.66. The van der Waals surface area contributed by atoms with Crippen molar-refractivity contribution in [3.05, 3.63) is 72.9 Å². The molecule has 6 heteroatoms. The maximum atomic E-state index is 12.9. The monoisotopic (exact) mass is 1070 g/mol. The zero-order valence-corrected chi connectivity index (χ0v) is 51.2. The largest absolute Gasteiger partial charge is 0.462 e. The van der Waals surface area contributed by atoms with E-state index in [1.165, 1.54) is 193 Å². The van der Waals surface area contributed by atoms with Crippen LogP contribution in [0.2, 0.25) is 0 Å². The summed E-state index contributed by atoms with van der Waals surface area (Å²) in [7, 11) is 0. The van der Waals surface area contributed by atoms with Crippen molar-refractivity contribution < 1.29 is 28.6 Å². The lowest BCUT2D eigenvalue weighted by Crippen LogP contribution is -2.30. The lowest BCUT2D eigenvalue weighted by atomic mass is 10.0. The minimum absolute atomic E-state index is 0.0822. The molecule has 0 radical (unpaired) electrons. The average Bonchev–Trinajstić information content (AvgIpc) is 3.43. The summed E-state index contributed by atoms with van der Waals surface area (Å²) in [6.45, 7) is 6.52. The molecular weight excluding hydrogens is 949 g/mol. The number of allylic oxidation sites excluding steroid dienone is 12. The highest BCUT2D eigenvalue weighted by molar-refractivity contribution is 5.71. The van der Waals surface area contributed by atoms with E-state index in [1.54, 1.807) is 0 Å². The van der Waals surface area contributed by atoms with Crippen LogP contribution in [0.4, 0.5) is 0 Å². The van der Waals surface area contributed by atoms with Crippen LogP contribution in [0.3, 0.4) is 0 Å². The van der Waals surface area contributed by atoms with Crippen LogP contribution in [0.15, 0.2) is 72.9 Å². The molecule has 6 nitrogen and oxygen atoms in total. The minimum Gasteiger partial charge on any atom is -0.462 e. The van der Waals surface area contributed by atoms with Crippen molar-refractivity contribution in [2.75, 3.05) is 13.2 Å². The Labute approximate surface area is 478 Å². The van der Waals surface area contributed by atoms with E-state index < -0.39 is 6.10 Å². The van der Waals surface area contributed by atoms with Gasteiger partial charge in [-0.1, -0.05) is 286 Å². The molecule has 0 aromatic rings. The minimum atomic E-state index is -0.788. The Bertz CT molecular complexity index is 1420. The summed E-state index contributed by atoms with van der Waals surface area (Å²) < 4.78 is 16.9. The van der Waals surface area contributed by atoms with Crippen LogP contribution in [-0.4, -0.2) is 37.2 Å². The number of hydrogen-bond acceptors (Lipinski definition) is 6. The van der Waals surface area contributed by atoms with Crippen molar-refractivity contribution in [2.45, 2.75) is 348 Å². The molecule has 0 aliphatic heterocycles. The van der Waals surface area contributed by atoms with Crippen molar-refractivity contribution >= 4 is 17.9 Å². The molecule has 0 rings (SSSR count). The highest BCUT2D eigenvalue weighted by Gasteiger charge is 2.19. The zero-order valence-electron chi connectivity index (χ0n) is 51.2. The second kappa shape index (κ2) is 65.4. The molecule has 0 fully saturated rings. The summed E-state index contributed by atoms with van der Waals surface area (Å²) in [5, 5.41) is 0. The van der Waals surface area contributed by atoms with Crippen LogP contribution in [0, 0.1) is 0 Å². The number of rotatable bonds is 61. The van der Waals surface area contributed by atoms with Gasteiger partial charge in [-0.3, -0.25) is 14.4 Å². The molecule has 0 saturated carbocycles. The van der Waals surface area contributed by atoms with Crippen LogP contribution in [0.1, 0.15) is 342 Å². The van der Waals surface area contributed by atoms with Gasteiger partial charge in [0.15, 0.2) is 6.10 Å². The molecule has 0 N–H and O–H groups in total. The van der Waals surface area contributed by atoms with Crippen LogP contribution < -0.4 is 0 Å². The van der Waals surface area contributed by atoms with Gasteiger partial charge in [-0.2, -0.15) is 0 Å². The highest BCUT2D eigenvalue weighted by atomic mass is 16.6. The molecule has 0 aromatic heterocycles. The molecule has 0 aliphatic carbocycles. The second-order valence-electron chi connectivity index (χ2n) is 22.3.